The van der Waals surface area contributed by atoms with Crippen molar-refractivity contribution in [3.63, 3.8) is 0 Å². The summed E-state index contributed by atoms with van der Waals surface area (Å²) in [6, 6.07) is 7.00. The Kier molecular flexibility index (Phi) is 4.03. The summed E-state index contributed by atoms with van der Waals surface area (Å²) in [5.41, 5.74) is 1.23. The van der Waals surface area contributed by atoms with Crippen molar-refractivity contribution in [3.05, 3.63) is 29.3 Å². The van der Waals surface area contributed by atoms with Crippen molar-refractivity contribution in [2.75, 3.05) is 27.4 Å². The number of benzene rings is 1. The number of hydrogen-bond donors (Lipinski definition) is 0. The number of methoxy groups -OCH3 is 2. The number of fused-ring (bicyclic) bond motifs is 1. The number of nitrogens with zero attached hydrogens (tertiary/aromatic N) is 2. The zero-order valence-corrected chi connectivity index (χ0v) is 11.0. The molecule has 1 amide bonds. The van der Waals surface area contributed by atoms with Crippen LogP contribution in [0.15, 0.2) is 18.2 Å². The first kappa shape index (κ1) is 13.4. The van der Waals surface area contributed by atoms with E-state index in [0.717, 1.165) is 5.56 Å². The van der Waals surface area contributed by atoms with Gasteiger partial charge in [-0.25, -0.2) is 0 Å². The fraction of sp³-hybridized carbons (Fsp3) is 0.429. The van der Waals surface area contributed by atoms with Gasteiger partial charge in [0.15, 0.2) is 0 Å². The summed E-state index contributed by atoms with van der Waals surface area (Å²) in [6.07, 6.45) is 0.705. The van der Waals surface area contributed by atoms with Crippen LogP contribution >= 0.6 is 0 Å². The summed E-state index contributed by atoms with van der Waals surface area (Å²) in [5.74, 6) is 0.382. The molecule has 2 rings (SSSR count). The third-order valence-corrected chi connectivity index (χ3v) is 3.23. The third kappa shape index (κ3) is 2.27. The highest BCUT2D eigenvalue weighted by Gasteiger charge is 2.38. The maximum Gasteiger partial charge on any atom is 0.259 e. The molecule has 0 aliphatic carbocycles. The standard InChI is InChI=1S/C14H16N2O3/c1-18-8-4-7-16-11(9-15)10-5-3-6-12(19-2)13(10)14(16)17/h3,5-6,11H,4,7-8H2,1-2H3. The predicted octanol–water partition coefficient (Wildman–Crippen LogP) is 1.75. The number of nitriles is 1. The molecule has 0 bridgehead atoms. The number of hydrogen-bond acceptors (Lipinski definition) is 4. The van der Waals surface area contributed by atoms with Crippen molar-refractivity contribution in [1.82, 2.24) is 4.90 Å². The van der Waals surface area contributed by atoms with Crippen molar-refractivity contribution >= 4 is 5.91 Å². The van der Waals surface area contributed by atoms with Gasteiger partial charge in [0.1, 0.15) is 11.8 Å². The van der Waals surface area contributed by atoms with Crippen LogP contribution in [0.4, 0.5) is 0 Å². The van der Waals surface area contributed by atoms with Gasteiger partial charge in [0.25, 0.3) is 5.91 Å². The molecule has 1 aromatic carbocycles. The van der Waals surface area contributed by atoms with Crippen LogP contribution in [-0.2, 0) is 4.74 Å². The highest BCUT2D eigenvalue weighted by molar-refractivity contribution is 6.02. The summed E-state index contributed by atoms with van der Waals surface area (Å²) in [7, 11) is 3.14. The number of rotatable bonds is 5. The molecule has 0 radical (unpaired) electrons. The average Bonchev–Trinajstić information content (AvgIpc) is 2.72. The first-order valence-electron chi connectivity index (χ1n) is 6.11. The van der Waals surface area contributed by atoms with Gasteiger partial charge in [-0.05, 0) is 12.5 Å². The molecule has 0 spiro atoms. The Hall–Kier alpha value is -2.06. The SMILES string of the molecule is COCCCN1C(=O)c2c(OC)cccc2C1C#N. The third-order valence-electron chi connectivity index (χ3n) is 3.23. The molecule has 0 fully saturated rings. The zero-order valence-electron chi connectivity index (χ0n) is 11.0. The molecule has 100 valence electrons. The molecule has 1 aromatic rings. The molecular weight excluding hydrogens is 244 g/mol. The van der Waals surface area contributed by atoms with Gasteiger partial charge in [-0.15, -0.1) is 0 Å². The lowest BCUT2D eigenvalue weighted by Gasteiger charge is -2.19. The largest absolute Gasteiger partial charge is 0.496 e. The van der Waals surface area contributed by atoms with Crippen molar-refractivity contribution in [3.8, 4) is 11.8 Å². The molecule has 0 saturated heterocycles. The summed E-state index contributed by atoms with van der Waals surface area (Å²) >= 11 is 0. The molecule has 1 atom stereocenters. The molecule has 1 aliphatic heterocycles. The highest BCUT2D eigenvalue weighted by atomic mass is 16.5. The van der Waals surface area contributed by atoms with Gasteiger partial charge >= 0.3 is 0 Å². The van der Waals surface area contributed by atoms with E-state index in [-0.39, 0.29) is 5.91 Å². The fourth-order valence-electron chi connectivity index (χ4n) is 2.35. The highest BCUT2D eigenvalue weighted by Crippen LogP contribution is 2.38. The van der Waals surface area contributed by atoms with Crippen LogP contribution < -0.4 is 4.74 Å². The number of ether oxygens (including phenoxy) is 2. The van der Waals surface area contributed by atoms with Crippen LogP contribution in [-0.4, -0.2) is 38.2 Å². The number of carbonyl (C=O) groups excluding carboxylic acids is 1. The van der Waals surface area contributed by atoms with Crippen LogP contribution in [0.1, 0.15) is 28.4 Å². The van der Waals surface area contributed by atoms with Crippen LogP contribution in [0, 0.1) is 11.3 Å². The molecular formula is C14H16N2O3. The van der Waals surface area contributed by atoms with E-state index < -0.39 is 6.04 Å². The van der Waals surface area contributed by atoms with Gasteiger partial charge in [0, 0.05) is 25.8 Å². The molecule has 0 saturated carbocycles. The Morgan fingerprint density at radius 2 is 2.21 bits per heavy atom. The maximum absolute atomic E-state index is 12.4. The zero-order chi connectivity index (χ0) is 13.8. The van der Waals surface area contributed by atoms with Gasteiger partial charge in [-0.1, -0.05) is 12.1 Å². The molecule has 0 aromatic heterocycles. The predicted molar refractivity (Wildman–Crippen MR) is 68.9 cm³/mol. The Balaban J connectivity index is 2.32. The normalized spacial score (nSPS) is 17.2. The van der Waals surface area contributed by atoms with Crippen LogP contribution in [0.5, 0.6) is 5.75 Å². The van der Waals surface area contributed by atoms with Crippen molar-refractivity contribution in [2.24, 2.45) is 0 Å². The van der Waals surface area contributed by atoms with E-state index in [2.05, 4.69) is 6.07 Å². The molecule has 5 nitrogen and oxygen atoms in total. The number of carbonyl (C=O) groups is 1. The Morgan fingerprint density at radius 3 is 2.84 bits per heavy atom. The van der Waals surface area contributed by atoms with Crippen LogP contribution in [0.25, 0.3) is 0 Å². The topological polar surface area (TPSA) is 62.6 Å². The minimum absolute atomic E-state index is 0.143. The molecule has 0 N–H and O–H groups in total. The maximum atomic E-state index is 12.4. The van der Waals surface area contributed by atoms with Crippen molar-refractivity contribution in [1.29, 1.82) is 5.26 Å². The van der Waals surface area contributed by atoms with Gasteiger partial charge < -0.3 is 14.4 Å². The van der Waals surface area contributed by atoms with Gasteiger partial charge in [-0.2, -0.15) is 5.26 Å². The average molecular weight is 260 g/mol. The lowest BCUT2D eigenvalue weighted by Crippen LogP contribution is -2.29. The summed E-state index contributed by atoms with van der Waals surface area (Å²) in [6.45, 7) is 1.07. The first-order valence-corrected chi connectivity index (χ1v) is 6.11. The van der Waals surface area contributed by atoms with E-state index in [9.17, 15) is 10.1 Å². The summed E-state index contributed by atoms with van der Waals surface area (Å²) in [4.78, 5) is 14.0. The Labute approximate surface area is 112 Å². The summed E-state index contributed by atoms with van der Waals surface area (Å²) in [5, 5.41) is 9.31. The monoisotopic (exact) mass is 260 g/mol. The van der Waals surface area contributed by atoms with Crippen LogP contribution in [0.3, 0.4) is 0 Å². The number of amides is 1. The van der Waals surface area contributed by atoms with Crippen LogP contribution in [0.2, 0.25) is 0 Å². The van der Waals surface area contributed by atoms with E-state index in [0.29, 0.717) is 30.9 Å². The summed E-state index contributed by atoms with van der Waals surface area (Å²) < 4.78 is 10.2. The Morgan fingerprint density at radius 1 is 1.42 bits per heavy atom. The second-order valence-electron chi connectivity index (χ2n) is 4.30. The van der Waals surface area contributed by atoms with Gasteiger partial charge in [0.2, 0.25) is 0 Å². The van der Waals surface area contributed by atoms with E-state index in [1.807, 2.05) is 0 Å². The molecule has 1 unspecified atom stereocenters. The molecule has 5 heteroatoms. The van der Waals surface area contributed by atoms with Crippen molar-refractivity contribution < 1.29 is 14.3 Å². The molecule has 1 heterocycles. The quantitative estimate of drug-likeness (QED) is 0.757. The lowest BCUT2D eigenvalue weighted by molar-refractivity contribution is 0.0735. The minimum Gasteiger partial charge on any atom is -0.496 e. The van der Waals surface area contributed by atoms with E-state index in [1.54, 1.807) is 30.2 Å². The second-order valence-corrected chi connectivity index (χ2v) is 4.30. The van der Waals surface area contributed by atoms with Gasteiger partial charge in [0.05, 0.1) is 18.7 Å². The van der Waals surface area contributed by atoms with Crippen molar-refractivity contribution in [2.45, 2.75) is 12.5 Å². The van der Waals surface area contributed by atoms with E-state index >= 15 is 0 Å². The lowest BCUT2D eigenvalue weighted by atomic mass is 10.0. The Bertz CT molecular complexity index is 522. The van der Waals surface area contributed by atoms with E-state index in [1.165, 1.54) is 7.11 Å². The first-order chi connectivity index (χ1) is 9.24. The smallest absolute Gasteiger partial charge is 0.259 e. The molecule has 19 heavy (non-hydrogen) atoms. The minimum atomic E-state index is -0.533. The fourth-order valence-corrected chi connectivity index (χ4v) is 2.35. The van der Waals surface area contributed by atoms with E-state index in [4.69, 9.17) is 9.47 Å². The molecule has 1 aliphatic rings. The second kappa shape index (κ2) is 5.72. The van der Waals surface area contributed by atoms with Gasteiger partial charge in [-0.3, -0.25) is 4.79 Å².